The first-order chi connectivity index (χ1) is 12.2. The Labute approximate surface area is 146 Å². The summed E-state index contributed by atoms with van der Waals surface area (Å²) in [5.41, 5.74) is 2.60. The van der Waals surface area contributed by atoms with Crippen LogP contribution in [0, 0.1) is 0 Å². The molecule has 1 aromatic carbocycles. The number of nitrogens with zero attached hydrogens (tertiary/aromatic N) is 4. The number of benzene rings is 1. The van der Waals surface area contributed by atoms with E-state index in [2.05, 4.69) is 34.5 Å². The largest absolute Gasteiger partial charge is 0.333 e. The first-order valence-electron chi connectivity index (χ1n) is 8.59. The second kappa shape index (κ2) is 6.64. The molecule has 6 nitrogen and oxygen atoms in total. The molecular weight excluding hydrogens is 314 g/mol. The van der Waals surface area contributed by atoms with Crippen LogP contribution in [-0.4, -0.2) is 51.2 Å². The normalized spacial score (nSPS) is 17.8. The molecule has 0 saturated carbocycles. The van der Waals surface area contributed by atoms with Crippen LogP contribution in [0.1, 0.15) is 22.8 Å². The highest BCUT2D eigenvalue weighted by atomic mass is 16.2. The van der Waals surface area contributed by atoms with E-state index in [9.17, 15) is 4.79 Å². The fraction of sp³-hybridized carbons (Fsp3) is 0.316. The van der Waals surface area contributed by atoms with Crippen molar-refractivity contribution in [2.24, 2.45) is 0 Å². The summed E-state index contributed by atoms with van der Waals surface area (Å²) in [7, 11) is 0. The number of rotatable bonds is 3. The molecule has 25 heavy (non-hydrogen) atoms. The summed E-state index contributed by atoms with van der Waals surface area (Å²) in [6.45, 7) is 5.12. The van der Waals surface area contributed by atoms with Crippen LogP contribution in [0.2, 0.25) is 0 Å². The number of hydrogen-bond acceptors (Lipinski definition) is 4. The Morgan fingerprint density at radius 1 is 1.28 bits per heavy atom. The third-order valence-electron chi connectivity index (χ3n) is 4.66. The molecule has 4 rings (SSSR count). The summed E-state index contributed by atoms with van der Waals surface area (Å²) in [4.78, 5) is 19.2. The van der Waals surface area contributed by atoms with E-state index in [1.807, 2.05) is 33.8 Å². The maximum atomic E-state index is 12.8. The third-order valence-corrected chi connectivity index (χ3v) is 4.66. The minimum atomic E-state index is 0.0409. The highest BCUT2D eigenvalue weighted by molar-refractivity contribution is 5.97. The number of hydrogen-bond donors (Lipinski definition) is 1. The van der Waals surface area contributed by atoms with E-state index < -0.39 is 0 Å². The molecule has 0 unspecified atom stereocenters. The van der Waals surface area contributed by atoms with Gasteiger partial charge in [0.1, 0.15) is 0 Å². The van der Waals surface area contributed by atoms with Gasteiger partial charge in [0, 0.05) is 37.3 Å². The smallest absolute Gasteiger partial charge is 0.255 e. The summed E-state index contributed by atoms with van der Waals surface area (Å²) in [5, 5.41) is 8.63. The molecular formula is C19H21N5O. The molecule has 1 aliphatic rings. The summed E-state index contributed by atoms with van der Waals surface area (Å²) >= 11 is 0. The van der Waals surface area contributed by atoms with Crippen molar-refractivity contribution in [2.75, 3.05) is 19.6 Å². The van der Waals surface area contributed by atoms with Crippen LogP contribution in [0.25, 0.3) is 11.0 Å². The van der Waals surface area contributed by atoms with Gasteiger partial charge in [-0.1, -0.05) is 30.3 Å². The zero-order chi connectivity index (χ0) is 17.2. The van der Waals surface area contributed by atoms with Crippen LogP contribution in [-0.2, 0) is 6.54 Å². The second-order valence-electron chi connectivity index (χ2n) is 6.48. The van der Waals surface area contributed by atoms with E-state index in [1.165, 1.54) is 5.56 Å². The number of amides is 1. The van der Waals surface area contributed by atoms with Crippen molar-refractivity contribution in [3.63, 3.8) is 0 Å². The van der Waals surface area contributed by atoms with Crippen LogP contribution >= 0.6 is 0 Å². The SMILES string of the molecule is C[C@H]1CNCCN1C(=O)c1cnc2c(cnn2Cc2ccccc2)c1. The zero-order valence-electron chi connectivity index (χ0n) is 14.2. The lowest BCUT2D eigenvalue weighted by molar-refractivity contribution is 0.0655. The molecule has 0 radical (unpaired) electrons. The van der Waals surface area contributed by atoms with Gasteiger partial charge in [0.15, 0.2) is 5.65 Å². The van der Waals surface area contributed by atoms with Gasteiger partial charge in [0.2, 0.25) is 0 Å². The van der Waals surface area contributed by atoms with Crippen molar-refractivity contribution in [3.8, 4) is 0 Å². The summed E-state index contributed by atoms with van der Waals surface area (Å²) in [6.07, 6.45) is 3.45. The highest BCUT2D eigenvalue weighted by Gasteiger charge is 2.24. The number of aromatic nitrogens is 3. The lowest BCUT2D eigenvalue weighted by Gasteiger charge is -2.33. The van der Waals surface area contributed by atoms with Gasteiger partial charge in [-0.25, -0.2) is 9.67 Å². The second-order valence-corrected chi connectivity index (χ2v) is 6.48. The molecule has 0 spiro atoms. The molecule has 128 valence electrons. The van der Waals surface area contributed by atoms with Crippen LogP contribution < -0.4 is 5.32 Å². The molecule has 2 aromatic heterocycles. The first kappa shape index (κ1) is 15.8. The van der Waals surface area contributed by atoms with E-state index >= 15 is 0 Å². The Bertz CT molecular complexity index is 889. The molecule has 1 aliphatic heterocycles. The number of carbonyl (C=O) groups excluding carboxylic acids is 1. The predicted octanol–water partition coefficient (Wildman–Crippen LogP) is 1.91. The minimum absolute atomic E-state index is 0.0409. The standard InChI is InChI=1S/C19H21N5O/c1-14-10-20-7-8-23(14)19(25)17-9-16-12-22-24(18(16)21-11-17)13-15-5-3-2-4-6-15/h2-6,9,11-12,14,20H,7-8,10,13H2,1H3/t14-/m0/s1. The Morgan fingerprint density at radius 3 is 2.92 bits per heavy atom. The van der Waals surface area contributed by atoms with E-state index in [4.69, 9.17) is 0 Å². The fourth-order valence-electron chi connectivity index (χ4n) is 3.27. The Balaban J connectivity index is 1.60. The van der Waals surface area contributed by atoms with Crippen LogP contribution in [0.15, 0.2) is 48.8 Å². The monoisotopic (exact) mass is 335 g/mol. The average Bonchev–Trinajstić information content (AvgIpc) is 3.04. The number of nitrogens with one attached hydrogen (secondary N) is 1. The quantitative estimate of drug-likeness (QED) is 0.794. The molecule has 0 aliphatic carbocycles. The number of piperazine rings is 1. The lowest BCUT2D eigenvalue weighted by Crippen LogP contribution is -2.52. The Morgan fingerprint density at radius 2 is 2.12 bits per heavy atom. The van der Waals surface area contributed by atoms with E-state index in [0.717, 1.165) is 30.7 Å². The van der Waals surface area contributed by atoms with Gasteiger partial charge in [-0.15, -0.1) is 0 Å². The van der Waals surface area contributed by atoms with Crippen molar-refractivity contribution in [3.05, 3.63) is 59.9 Å². The summed E-state index contributed by atoms with van der Waals surface area (Å²) in [5.74, 6) is 0.0409. The van der Waals surface area contributed by atoms with Crippen LogP contribution in [0.4, 0.5) is 0 Å². The van der Waals surface area contributed by atoms with Crippen molar-refractivity contribution >= 4 is 16.9 Å². The molecule has 1 N–H and O–H groups in total. The molecule has 1 saturated heterocycles. The van der Waals surface area contributed by atoms with Crippen molar-refractivity contribution in [1.82, 2.24) is 25.0 Å². The molecule has 1 atom stereocenters. The summed E-state index contributed by atoms with van der Waals surface area (Å²) < 4.78 is 1.87. The molecule has 3 heterocycles. The third kappa shape index (κ3) is 3.13. The molecule has 3 aromatic rings. The zero-order valence-corrected chi connectivity index (χ0v) is 14.2. The van der Waals surface area contributed by atoms with E-state index in [1.54, 1.807) is 12.4 Å². The fourth-order valence-corrected chi connectivity index (χ4v) is 3.27. The Kier molecular flexibility index (Phi) is 4.19. The summed E-state index contributed by atoms with van der Waals surface area (Å²) in [6, 6.07) is 12.2. The predicted molar refractivity (Wildman–Crippen MR) is 96.4 cm³/mol. The number of carbonyl (C=O) groups is 1. The maximum absolute atomic E-state index is 12.8. The van der Waals surface area contributed by atoms with Gasteiger partial charge in [-0.05, 0) is 18.6 Å². The van der Waals surface area contributed by atoms with Gasteiger partial charge >= 0.3 is 0 Å². The van der Waals surface area contributed by atoms with Crippen LogP contribution in [0.3, 0.4) is 0 Å². The number of pyridine rings is 1. The van der Waals surface area contributed by atoms with Gasteiger partial charge in [-0.2, -0.15) is 5.10 Å². The topological polar surface area (TPSA) is 63.1 Å². The van der Waals surface area contributed by atoms with Crippen LogP contribution in [0.5, 0.6) is 0 Å². The van der Waals surface area contributed by atoms with Crippen molar-refractivity contribution in [1.29, 1.82) is 0 Å². The highest BCUT2D eigenvalue weighted by Crippen LogP contribution is 2.17. The van der Waals surface area contributed by atoms with Gasteiger partial charge in [0.25, 0.3) is 5.91 Å². The van der Waals surface area contributed by atoms with Gasteiger partial charge < -0.3 is 10.2 Å². The average molecular weight is 335 g/mol. The maximum Gasteiger partial charge on any atom is 0.255 e. The molecule has 1 amide bonds. The van der Waals surface area contributed by atoms with Gasteiger partial charge in [-0.3, -0.25) is 4.79 Å². The lowest BCUT2D eigenvalue weighted by atomic mass is 10.1. The number of fused-ring (bicyclic) bond motifs is 1. The van der Waals surface area contributed by atoms with Gasteiger partial charge in [0.05, 0.1) is 18.3 Å². The molecule has 0 bridgehead atoms. The first-order valence-corrected chi connectivity index (χ1v) is 8.59. The Hall–Kier alpha value is -2.73. The van der Waals surface area contributed by atoms with E-state index in [-0.39, 0.29) is 11.9 Å². The van der Waals surface area contributed by atoms with Crippen molar-refractivity contribution in [2.45, 2.75) is 19.5 Å². The van der Waals surface area contributed by atoms with E-state index in [0.29, 0.717) is 12.1 Å². The minimum Gasteiger partial charge on any atom is -0.333 e. The van der Waals surface area contributed by atoms with Crippen molar-refractivity contribution < 1.29 is 4.79 Å². The molecule has 1 fully saturated rings. The molecule has 6 heteroatoms.